The van der Waals surface area contributed by atoms with Crippen molar-refractivity contribution >= 4 is 5.91 Å². The average molecular weight is 334 g/mol. The summed E-state index contributed by atoms with van der Waals surface area (Å²) < 4.78 is 18.3. The molecule has 1 saturated heterocycles. The lowest BCUT2D eigenvalue weighted by Crippen LogP contribution is -2.43. The molecule has 2 fully saturated rings. The third kappa shape index (κ3) is 4.69. The van der Waals surface area contributed by atoms with Crippen LogP contribution in [0.5, 0.6) is 5.75 Å². The topological polar surface area (TPSA) is 50.4 Å². The lowest BCUT2D eigenvalue weighted by atomic mass is 9.85. The molecule has 0 bridgehead atoms. The molecule has 3 unspecified atom stereocenters. The highest BCUT2D eigenvalue weighted by atomic mass is 19.1. The van der Waals surface area contributed by atoms with E-state index in [1.807, 2.05) is 0 Å². The van der Waals surface area contributed by atoms with E-state index in [4.69, 9.17) is 4.74 Å². The van der Waals surface area contributed by atoms with Gasteiger partial charge < -0.3 is 15.4 Å². The van der Waals surface area contributed by atoms with Gasteiger partial charge in [-0.2, -0.15) is 0 Å². The standard InChI is InChI=1S/C19H27FN2O2/c20-15-7-9-16(10-8-15)24-12-4-3-11-21-19(23)18-13-14-5-1-2-6-17(14)22-18/h7-10,14,17-18,22H,1-6,11-13H2,(H,21,23). The van der Waals surface area contributed by atoms with Crippen LogP contribution in [0.25, 0.3) is 0 Å². The average Bonchev–Trinajstić information content (AvgIpc) is 3.03. The number of halogens is 1. The number of rotatable bonds is 7. The maximum Gasteiger partial charge on any atom is 0.237 e. The summed E-state index contributed by atoms with van der Waals surface area (Å²) in [5.74, 6) is 1.26. The minimum Gasteiger partial charge on any atom is -0.494 e. The minimum absolute atomic E-state index is 0.00596. The number of nitrogens with one attached hydrogen (secondary N) is 2. The van der Waals surface area contributed by atoms with Gasteiger partial charge in [-0.25, -0.2) is 4.39 Å². The highest BCUT2D eigenvalue weighted by Gasteiger charge is 2.37. The van der Waals surface area contributed by atoms with Crippen molar-refractivity contribution < 1.29 is 13.9 Å². The zero-order chi connectivity index (χ0) is 16.8. The summed E-state index contributed by atoms with van der Waals surface area (Å²) in [5.41, 5.74) is 0. The fourth-order valence-corrected chi connectivity index (χ4v) is 3.80. The van der Waals surface area contributed by atoms with Gasteiger partial charge in [-0.1, -0.05) is 12.8 Å². The second kappa shape index (κ2) is 8.47. The molecular formula is C19H27FN2O2. The van der Waals surface area contributed by atoms with E-state index in [1.165, 1.54) is 37.8 Å². The van der Waals surface area contributed by atoms with Crippen LogP contribution in [0.1, 0.15) is 44.9 Å². The number of ether oxygens (including phenoxy) is 1. The first-order valence-corrected chi connectivity index (χ1v) is 9.14. The van der Waals surface area contributed by atoms with E-state index in [2.05, 4.69) is 10.6 Å². The summed E-state index contributed by atoms with van der Waals surface area (Å²) >= 11 is 0. The summed E-state index contributed by atoms with van der Waals surface area (Å²) in [6.45, 7) is 1.26. The molecular weight excluding hydrogens is 307 g/mol. The molecule has 132 valence electrons. The van der Waals surface area contributed by atoms with Crippen molar-refractivity contribution in [2.45, 2.75) is 57.0 Å². The lowest BCUT2D eigenvalue weighted by Gasteiger charge is -2.24. The van der Waals surface area contributed by atoms with E-state index in [-0.39, 0.29) is 17.8 Å². The lowest BCUT2D eigenvalue weighted by molar-refractivity contribution is -0.122. The van der Waals surface area contributed by atoms with Gasteiger partial charge in [0.25, 0.3) is 0 Å². The molecule has 5 heteroatoms. The Hall–Kier alpha value is -1.62. The maximum atomic E-state index is 12.8. The molecule has 0 radical (unpaired) electrons. The minimum atomic E-state index is -0.259. The van der Waals surface area contributed by atoms with Crippen molar-refractivity contribution in [3.63, 3.8) is 0 Å². The summed E-state index contributed by atoms with van der Waals surface area (Å²) in [6.07, 6.45) is 7.82. The highest BCUT2D eigenvalue weighted by molar-refractivity contribution is 5.82. The van der Waals surface area contributed by atoms with Crippen molar-refractivity contribution in [2.75, 3.05) is 13.2 Å². The Balaban J connectivity index is 1.26. The third-order valence-corrected chi connectivity index (χ3v) is 5.13. The monoisotopic (exact) mass is 334 g/mol. The van der Waals surface area contributed by atoms with Crippen molar-refractivity contribution in [1.82, 2.24) is 10.6 Å². The highest BCUT2D eigenvalue weighted by Crippen LogP contribution is 2.33. The normalized spacial score (nSPS) is 26.0. The SMILES string of the molecule is O=C(NCCCCOc1ccc(F)cc1)C1CC2CCCCC2N1. The smallest absolute Gasteiger partial charge is 0.237 e. The molecule has 1 aliphatic heterocycles. The fraction of sp³-hybridized carbons (Fsp3) is 0.632. The molecule has 24 heavy (non-hydrogen) atoms. The first-order valence-electron chi connectivity index (χ1n) is 9.14. The number of carbonyl (C=O) groups is 1. The van der Waals surface area contributed by atoms with Crippen molar-refractivity contribution in [3.8, 4) is 5.75 Å². The fourth-order valence-electron chi connectivity index (χ4n) is 3.80. The van der Waals surface area contributed by atoms with Crippen LogP contribution in [0.3, 0.4) is 0 Å². The maximum absolute atomic E-state index is 12.8. The first-order chi connectivity index (χ1) is 11.7. The van der Waals surface area contributed by atoms with E-state index in [9.17, 15) is 9.18 Å². The molecule has 0 aromatic heterocycles. The van der Waals surface area contributed by atoms with Crippen LogP contribution in [-0.4, -0.2) is 31.1 Å². The molecule has 2 aliphatic rings. The van der Waals surface area contributed by atoms with Crippen LogP contribution in [0.2, 0.25) is 0 Å². The zero-order valence-electron chi connectivity index (χ0n) is 14.1. The van der Waals surface area contributed by atoms with Gasteiger partial charge in [-0.3, -0.25) is 4.79 Å². The molecule has 3 atom stereocenters. The van der Waals surface area contributed by atoms with Crippen LogP contribution in [0.15, 0.2) is 24.3 Å². The second-order valence-electron chi connectivity index (χ2n) is 6.91. The van der Waals surface area contributed by atoms with Crippen LogP contribution in [0, 0.1) is 11.7 Å². The zero-order valence-corrected chi connectivity index (χ0v) is 14.1. The summed E-state index contributed by atoms with van der Waals surface area (Å²) in [5, 5.41) is 6.54. The molecule has 1 amide bonds. The Labute approximate surface area is 143 Å². The molecule has 4 nitrogen and oxygen atoms in total. The molecule has 1 saturated carbocycles. The van der Waals surface area contributed by atoms with Crippen LogP contribution in [-0.2, 0) is 4.79 Å². The van der Waals surface area contributed by atoms with Gasteiger partial charge in [0, 0.05) is 12.6 Å². The van der Waals surface area contributed by atoms with E-state index in [0.29, 0.717) is 30.9 Å². The molecule has 1 aliphatic carbocycles. The number of unbranched alkanes of at least 4 members (excludes halogenated alkanes) is 1. The van der Waals surface area contributed by atoms with Gasteiger partial charge >= 0.3 is 0 Å². The van der Waals surface area contributed by atoms with E-state index < -0.39 is 0 Å². The summed E-state index contributed by atoms with van der Waals surface area (Å²) in [7, 11) is 0. The Bertz CT molecular complexity index is 521. The van der Waals surface area contributed by atoms with Crippen LogP contribution >= 0.6 is 0 Å². The molecule has 1 heterocycles. The summed E-state index contributed by atoms with van der Waals surface area (Å²) in [4.78, 5) is 12.2. The molecule has 0 spiro atoms. The van der Waals surface area contributed by atoms with Crippen molar-refractivity contribution in [2.24, 2.45) is 5.92 Å². The number of benzene rings is 1. The third-order valence-electron chi connectivity index (χ3n) is 5.13. The van der Waals surface area contributed by atoms with E-state index in [1.54, 1.807) is 12.1 Å². The molecule has 1 aromatic rings. The number of fused-ring (bicyclic) bond motifs is 1. The number of amides is 1. The van der Waals surface area contributed by atoms with Gasteiger partial charge in [-0.05, 0) is 62.3 Å². The predicted molar refractivity (Wildman–Crippen MR) is 91.4 cm³/mol. The van der Waals surface area contributed by atoms with Gasteiger partial charge in [0.15, 0.2) is 0 Å². The van der Waals surface area contributed by atoms with Gasteiger partial charge in [0.05, 0.1) is 12.6 Å². The van der Waals surface area contributed by atoms with Gasteiger partial charge in [0.1, 0.15) is 11.6 Å². The van der Waals surface area contributed by atoms with Crippen LogP contribution < -0.4 is 15.4 Å². The molecule has 2 N–H and O–H groups in total. The van der Waals surface area contributed by atoms with Crippen molar-refractivity contribution in [3.05, 3.63) is 30.1 Å². The Morgan fingerprint density at radius 3 is 2.79 bits per heavy atom. The Morgan fingerprint density at radius 2 is 2.00 bits per heavy atom. The van der Waals surface area contributed by atoms with Gasteiger partial charge in [0.2, 0.25) is 5.91 Å². The quantitative estimate of drug-likeness (QED) is 0.754. The Morgan fingerprint density at radius 1 is 1.21 bits per heavy atom. The van der Waals surface area contributed by atoms with Crippen LogP contribution in [0.4, 0.5) is 4.39 Å². The summed E-state index contributed by atoms with van der Waals surface area (Å²) in [6, 6.07) is 6.58. The second-order valence-corrected chi connectivity index (χ2v) is 6.91. The number of carbonyl (C=O) groups excluding carboxylic acids is 1. The largest absolute Gasteiger partial charge is 0.494 e. The molecule has 1 aromatic carbocycles. The number of hydrogen-bond acceptors (Lipinski definition) is 3. The Kier molecular flexibility index (Phi) is 6.07. The predicted octanol–water partition coefficient (Wildman–Crippen LogP) is 3.02. The molecule has 3 rings (SSSR count). The number of hydrogen-bond donors (Lipinski definition) is 2. The van der Waals surface area contributed by atoms with Crippen molar-refractivity contribution in [1.29, 1.82) is 0 Å². The van der Waals surface area contributed by atoms with E-state index in [0.717, 1.165) is 19.3 Å². The van der Waals surface area contributed by atoms with E-state index >= 15 is 0 Å². The van der Waals surface area contributed by atoms with Gasteiger partial charge in [-0.15, -0.1) is 0 Å². The first kappa shape index (κ1) is 17.2.